The van der Waals surface area contributed by atoms with Crippen LogP contribution < -0.4 is 0 Å². The predicted octanol–water partition coefficient (Wildman–Crippen LogP) is 7.76. The molecule has 6 heteroatoms. The van der Waals surface area contributed by atoms with Gasteiger partial charge in [-0.15, -0.1) is 29.8 Å². The molecular weight excluding hydrogens is 651 g/mol. The van der Waals surface area contributed by atoms with Crippen LogP contribution in [0.25, 0.3) is 34.0 Å². The van der Waals surface area contributed by atoms with E-state index in [0.717, 1.165) is 34.0 Å². The number of benzene rings is 3. The fraction of sp³-hybridized carbons (Fsp3) is 0.250. The number of nitrogens with zero attached hydrogens (tertiary/aromatic N) is 4. The molecule has 5 rings (SSSR count). The second-order valence-electron chi connectivity index (χ2n) is 10.2. The quantitative estimate of drug-likeness (QED) is 0.186. The van der Waals surface area contributed by atoms with Crippen molar-refractivity contribution in [3.05, 3.63) is 102 Å². The summed E-state index contributed by atoms with van der Waals surface area (Å²) in [4.78, 5) is 5.09. The summed E-state index contributed by atoms with van der Waals surface area (Å²) >= 11 is 0. The summed E-state index contributed by atoms with van der Waals surface area (Å²) in [6.45, 7) is 12.9. The fourth-order valence-corrected chi connectivity index (χ4v) is 4.93. The van der Waals surface area contributed by atoms with Gasteiger partial charge in [-0.1, -0.05) is 58.0 Å². The van der Waals surface area contributed by atoms with Gasteiger partial charge in [-0.2, -0.15) is 5.10 Å². The third-order valence-electron chi connectivity index (χ3n) is 6.73. The Morgan fingerprint density at radius 2 is 1.50 bits per heavy atom. The molecule has 2 heterocycles. The van der Waals surface area contributed by atoms with Gasteiger partial charge in [0.15, 0.2) is 0 Å². The van der Waals surface area contributed by atoms with Crippen LogP contribution in [0.4, 0.5) is 0 Å². The molecule has 3 aromatic carbocycles. The summed E-state index contributed by atoms with van der Waals surface area (Å²) in [6, 6.07) is 25.5. The normalized spacial score (nSPS) is 11.3. The molecule has 0 fully saturated rings. The average Bonchev–Trinajstić information content (AvgIpc) is 3.46. The Morgan fingerprint density at radius 1 is 0.842 bits per heavy atom. The molecule has 0 spiro atoms. The van der Waals surface area contributed by atoms with E-state index in [-0.39, 0.29) is 26.8 Å². The zero-order valence-electron chi connectivity index (χ0n) is 22.6. The number of imidazole rings is 1. The molecule has 0 amide bonds. The molecule has 1 N–H and O–H groups in total. The molecule has 2 aromatic heterocycles. The van der Waals surface area contributed by atoms with Crippen molar-refractivity contribution in [2.24, 2.45) is 0 Å². The van der Waals surface area contributed by atoms with Crippen LogP contribution in [0.1, 0.15) is 62.0 Å². The van der Waals surface area contributed by atoms with Crippen molar-refractivity contribution >= 4 is 0 Å². The van der Waals surface area contributed by atoms with Crippen LogP contribution in [-0.4, -0.2) is 24.4 Å². The number of aromatic hydroxyl groups is 1. The van der Waals surface area contributed by atoms with Gasteiger partial charge in [-0.05, 0) is 66.9 Å². The Morgan fingerprint density at radius 3 is 2.11 bits per heavy atom. The van der Waals surface area contributed by atoms with Gasteiger partial charge < -0.3 is 9.67 Å². The molecule has 0 aliphatic carbocycles. The summed E-state index contributed by atoms with van der Waals surface area (Å²) in [5, 5.41) is 15.5. The van der Waals surface area contributed by atoms with Gasteiger partial charge in [0.1, 0.15) is 11.6 Å². The van der Waals surface area contributed by atoms with Gasteiger partial charge in [0, 0.05) is 32.5 Å². The van der Waals surface area contributed by atoms with Crippen LogP contribution in [0.15, 0.2) is 72.9 Å². The third-order valence-corrected chi connectivity index (χ3v) is 6.73. The Hall–Kier alpha value is -3.43. The molecule has 0 bridgehead atoms. The topological polar surface area (TPSA) is 55.9 Å². The number of phenols is 1. The molecule has 0 atom stereocenters. The molecule has 0 saturated heterocycles. The minimum atomic E-state index is 0. The van der Waals surface area contributed by atoms with Crippen LogP contribution in [-0.2, 0) is 21.1 Å². The van der Waals surface area contributed by atoms with Gasteiger partial charge >= 0.3 is 0 Å². The molecule has 5 nitrogen and oxygen atoms in total. The second-order valence-corrected chi connectivity index (χ2v) is 10.2. The zero-order chi connectivity index (χ0) is 26.3. The molecule has 0 radical (unpaired) electrons. The van der Waals surface area contributed by atoms with E-state index in [9.17, 15) is 5.11 Å². The molecule has 38 heavy (non-hydrogen) atoms. The minimum Gasteiger partial charge on any atom is -0.507 e. The molecule has 0 unspecified atom stereocenters. The van der Waals surface area contributed by atoms with Gasteiger partial charge in [0.05, 0.1) is 16.9 Å². The monoisotopic (exact) mass is 684 g/mol. The largest absolute Gasteiger partial charge is 0.507 e. The number of phenolic OH excluding ortho intramolecular Hbond substituents is 1. The summed E-state index contributed by atoms with van der Waals surface area (Å²) in [5.74, 6) is 1.54. The number of hydrogen-bond donors (Lipinski definition) is 1. The van der Waals surface area contributed by atoms with Crippen LogP contribution in [0.5, 0.6) is 5.75 Å². The number of aryl methyl sites for hydroxylation is 2. The maximum absolute atomic E-state index is 10.8. The maximum atomic E-state index is 10.8. The minimum absolute atomic E-state index is 0. The van der Waals surface area contributed by atoms with Gasteiger partial charge in [-0.25, -0.2) is 0 Å². The number of rotatable bonds is 6. The van der Waals surface area contributed by atoms with Crippen molar-refractivity contribution in [1.82, 2.24) is 19.3 Å². The fourth-order valence-electron chi connectivity index (χ4n) is 4.93. The van der Waals surface area contributed by atoms with Gasteiger partial charge in [-0.3, -0.25) is 9.67 Å². The zero-order valence-corrected chi connectivity index (χ0v) is 24.9. The first-order valence-electron chi connectivity index (χ1n) is 12.8. The van der Waals surface area contributed by atoms with E-state index in [0.29, 0.717) is 23.2 Å². The molecule has 198 valence electrons. The van der Waals surface area contributed by atoms with Gasteiger partial charge in [0.25, 0.3) is 0 Å². The maximum Gasteiger partial charge on any atom is 0.138 e. The van der Waals surface area contributed by atoms with Crippen molar-refractivity contribution in [3.63, 3.8) is 0 Å². The van der Waals surface area contributed by atoms with E-state index >= 15 is 0 Å². The van der Waals surface area contributed by atoms with Gasteiger partial charge in [0.2, 0.25) is 0 Å². The summed E-state index contributed by atoms with van der Waals surface area (Å²) < 4.78 is 4.06. The Labute approximate surface area is 239 Å². The van der Waals surface area contributed by atoms with Crippen molar-refractivity contribution in [3.8, 4) is 39.8 Å². The van der Waals surface area contributed by atoms with E-state index in [1.165, 1.54) is 11.1 Å². The molecular formula is C32H33N4OPt-. The molecule has 0 saturated carbocycles. The van der Waals surface area contributed by atoms with Crippen molar-refractivity contribution in [2.45, 2.75) is 53.4 Å². The van der Waals surface area contributed by atoms with Crippen molar-refractivity contribution < 1.29 is 26.2 Å². The number of para-hydroxylation sites is 2. The molecule has 0 aliphatic heterocycles. The first kappa shape index (κ1) is 27.6. The third kappa shape index (κ3) is 5.13. The van der Waals surface area contributed by atoms with E-state index < -0.39 is 0 Å². The van der Waals surface area contributed by atoms with Crippen LogP contribution in [0.3, 0.4) is 0 Å². The van der Waals surface area contributed by atoms with Crippen LogP contribution >= 0.6 is 0 Å². The van der Waals surface area contributed by atoms with Crippen molar-refractivity contribution in [2.75, 3.05) is 0 Å². The standard InChI is InChI=1S/C32H33N4O.Pt/c1-20(2)26-14-10-15-27(21(3)4)31(26)35-19-29(33-32(35)28-13-7-8-16-30(28)37)24-11-9-12-25(18-24)36-23(6)17-22(5)34-36;/h7-17,19-21,37H,1-6H3;/q-1;. The second kappa shape index (κ2) is 11.1. The number of hydrogen-bond acceptors (Lipinski definition) is 3. The summed E-state index contributed by atoms with van der Waals surface area (Å²) in [6.07, 6.45) is 2.08. The Bertz CT molecular complexity index is 1550. The molecule has 5 aromatic rings. The molecule has 0 aliphatic rings. The first-order valence-corrected chi connectivity index (χ1v) is 12.8. The van der Waals surface area contributed by atoms with Crippen molar-refractivity contribution in [1.29, 1.82) is 0 Å². The van der Waals surface area contributed by atoms with Crippen LogP contribution in [0.2, 0.25) is 0 Å². The van der Waals surface area contributed by atoms with Crippen LogP contribution in [0, 0.1) is 19.9 Å². The Balaban J connectivity index is 0.00000336. The summed E-state index contributed by atoms with van der Waals surface area (Å²) in [5.41, 5.74) is 8.85. The SMILES string of the molecule is Cc1cc(C)n(-c2[c-]c(-c3cn(-c4c(C(C)C)cccc4C(C)C)c(-c4ccccc4O)n3)ccc2)n1.[Pt]. The average molecular weight is 685 g/mol. The van der Waals surface area contributed by atoms with E-state index in [4.69, 9.17) is 4.98 Å². The Kier molecular flexibility index (Phi) is 8.08. The summed E-state index contributed by atoms with van der Waals surface area (Å²) in [7, 11) is 0. The van der Waals surface area contributed by atoms with E-state index in [2.05, 4.69) is 73.9 Å². The smallest absolute Gasteiger partial charge is 0.138 e. The van der Waals surface area contributed by atoms with E-state index in [1.54, 1.807) is 6.07 Å². The van der Waals surface area contributed by atoms with E-state index in [1.807, 2.05) is 54.9 Å². The number of aromatic nitrogens is 4. The predicted molar refractivity (Wildman–Crippen MR) is 150 cm³/mol. The first-order chi connectivity index (χ1) is 17.7.